The lowest BCUT2D eigenvalue weighted by molar-refractivity contribution is 0.0765. The Labute approximate surface area is 136 Å². The first kappa shape index (κ1) is 14.5. The van der Waals surface area contributed by atoms with Crippen LogP contribution in [0.15, 0.2) is 36.5 Å². The Morgan fingerprint density at radius 1 is 1.13 bits per heavy atom. The van der Waals surface area contributed by atoms with E-state index in [0.717, 1.165) is 62.4 Å². The Kier molecular flexibility index (Phi) is 3.87. The van der Waals surface area contributed by atoms with Crippen LogP contribution < -0.4 is 5.32 Å². The van der Waals surface area contributed by atoms with Gasteiger partial charge in [-0.25, -0.2) is 4.68 Å². The number of hydrogen-bond donors (Lipinski definition) is 1. The van der Waals surface area contributed by atoms with Crippen LogP contribution in [0, 0.1) is 0 Å². The monoisotopic (exact) mass is 310 g/mol. The third kappa shape index (κ3) is 2.88. The molecule has 1 amide bonds. The molecule has 2 aromatic rings. The van der Waals surface area contributed by atoms with Crippen LogP contribution in [0.1, 0.15) is 41.2 Å². The number of hydrogen-bond acceptors (Lipinski definition) is 3. The largest absolute Gasteiger partial charge is 0.337 e. The molecule has 2 heterocycles. The number of nitrogens with zero attached hydrogens (tertiary/aromatic N) is 3. The van der Waals surface area contributed by atoms with E-state index in [1.807, 2.05) is 39.9 Å². The summed E-state index contributed by atoms with van der Waals surface area (Å²) in [7, 11) is 0. The molecule has 0 unspecified atom stereocenters. The molecule has 0 bridgehead atoms. The van der Waals surface area contributed by atoms with Gasteiger partial charge < -0.3 is 10.2 Å². The summed E-state index contributed by atoms with van der Waals surface area (Å²) in [5, 5.41) is 7.89. The molecule has 5 heteroatoms. The summed E-state index contributed by atoms with van der Waals surface area (Å²) in [4.78, 5) is 15.0. The van der Waals surface area contributed by atoms with Crippen molar-refractivity contribution in [2.24, 2.45) is 0 Å². The Bertz CT molecular complexity index is 682. The molecule has 2 fully saturated rings. The predicted octanol–water partition coefficient (Wildman–Crippen LogP) is 2.19. The van der Waals surface area contributed by atoms with E-state index in [2.05, 4.69) is 10.4 Å². The van der Waals surface area contributed by atoms with Gasteiger partial charge in [0.1, 0.15) is 0 Å². The van der Waals surface area contributed by atoms with Crippen molar-refractivity contribution in [2.45, 2.75) is 25.2 Å². The second-order valence-corrected chi connectivity index (χ2v) is 6.36. The van der Waals surface area contributed by atoms with Gasteiger partial charge in [0, 0.05) is 25.6 Å². The number of nitrogens with one attached hydrogen (secondary N) is 1. The van der Waals surface area contributed by atoms with Crippen molar-refractivity contribution in [1.82, 2.24) is 20.0 Å². The molecule has 1 saturated carbocycles. The first-order chi connectivity index (χ1) is 11.3. The van der Waals surface area contributed by atoms with Gasteiger partial charge in [-0.2, -0.15) is 5.10 Å². The molecule has 5 nitrogen and oxygen atoms in total. The van der Waals surface area contributed by atoms with Gasteiger partial charge in [0.25, 0.3) is 5.91 Å². The second-order valence-electron chi connectivity index (χ2n) is 6.36. The highest BCUT2D eigenvalue weighted by Crippen LogP contribution is 2.42. The molecule has 0 atom stereocenters. The standard InChI is InChI=1S/C18H22N4O/c23-18(21-11-4-9-19-10-12-21)16-13-20-22(17(16)14-7-8-14)15-5-2-1-3-6-15/h1-3,5-6,13-14,19H,4,7-12H2. The molecule has 120 valence electrons. The Morgan fingerprint density at radius 2 is 1.96 bits per heavy atom. The summed E-state index contributed by atoms with van der Waals surface area (Å²) in [5.74, 6) is 0.611. The SMILES string of the molecule is O=C(c1cnn(-c2ccccc2)c1C1CC1)N1CCCNCC1. The van der Waals surface area contributed by atoms with Gasteiger partial charge in [-0.15, -0.1) is 0 Å². The maximum absolute atomic E-state index is 13.0. The summed E-state index contributed by atoms with van der Waals surface area (Å²) in [6, 6.07) is 10.1. The van der Waals surface area contributed by atoms with Crippen molar-refractivity contribution in [3.8, 4) is 5.69 Å². The van der Waals surface area contributed by atoms with Gasteiger partial charge in [0.15, 0.2) is 0 Å². The number of carbonyl (C=O) groups excluding carboxylic acids is 1. The highest BCUT2D eigenvalue weighted by Gasteiger charge is 2.34. The number of carbonyl (C=O) groups is 1. The first-order valence-electron chi connectivity index (χ1n) is 8.48. The Balaban J connectivity index is 1.69. The average molecular weight is 310 g/mol. The maximum atomic E-state index is 13.0. The summed E-state index contributed by atoms with van der Waals surface area (Å²) in [6.07, 6.45) is 5.08. The normalized spacial score (nSPS) is 18.7. The maximum Gasteiger partial charge on any atom is 0.257 e. The highest BCUT2D eigenvalue weighted by molar-refractivity contribution is 5.95. The summed E-state index contributed by atoms with van der Waals surface area (Å²) < 4.78 is 1.96. The fourth-order valence-corrected chi connectivity index (χ4v) is 3.27. The summed E-state index contributed by atoms with van der Waals surface area (Å²) >= 11 is 0. The minimum absolute atomic E-state index is 0.137. The summed E-state index contributed by atoms with van der Waals surface area (Å²) in [5.41, 5.74) is 2.92. The lowest BCUT2D eigenvalue weighted by atomic mass is 10.1. The third-order valence-electron chi connectivity index (χ3n) is 4.63. The number of amides is 1. The highest BCUT2D eigenvalue weighted by atomic mass is 16.2. The van der Waals surface area contributed by atoms with Crippen LogP contribution in [0.25, 0.3) is 5.69 Å². The van der Waals surface area contributed by atoms with Gasteiger partial charge in [0.2, 0.25) is 0 Å². The van der Waals surface area contributed by atoms with Crippen molar-refractivity contribution >= 4 is 5.91 Å². The molecule has 1 N–H and O–H groups in total. The second kappa shape index (κ2) is 6.16. The van der Waals surface area contributed by atoms with Gasteiger partial charge in [-0.1, -0.05) is 18.2 Å². The van der Waals surface area contributed by atoms with Crippen molar-refractivity contribution in [3.63, 3.8) is 0 Å². The summed E-state index contributed by atoms with van der Waals surface area (Å²) in [6.45, 7) is 3.46. The van der Waals surface area contributed by atoms with Crippen LogP contribution in [-0.2, 0) is 0 Å². The van der Waals surface area contributed by atoms with E-state index in [1.165, 1.54) is 0 Å². The Hall–Kier alpha value is -2.14. The number of benzene rings is 1. The van der Waals surface area contributed by atoms with Crippen LogP contribution in [0.3, 0.4) is 0 Å². The van der Waals surface area contributed by atoms with Gasteiger partial charge in [-0.3, -0.25) is 4.79 Å². The fourth-order valence-electron chi connectivity index (χ4n) is 3.27. The van der Waals surface area contributed by atoms with Crippen LogP contribution in [-0.4, -0.2) is 46.8 Å². The number of rotatable bonds is 3. The van der Waals surface area contributed by atoms with Crippen molar-refractivity contribution in [3.05, 3.63) is 47.8 Å². The third-order valence-corrected chi connectivity index (χ3v) is 4.63. The van der Waals surface area contributed by atoms with E-state index < -0.39 is 0 Å². The number of para-hydroxylation sites is 1. The van der Waals surface area contributed by atoms with Gasteiger partial charge in [0.05, 0.1) is 23.1 Å². The van der Waals surface area contributed by atoms with Crippen molar-refractivity contribution < 1.29 is 4.79 Å². The van der Waals surface area contributed by atoms with Gasteiger partial charge in [-0.05, 0) is 37.9 Å². The first-order valence-corrected chi connectivity index (χ1v) is 8.48. The molecular weight excluding hydrogens is 288 g/mol. The molecule has 2 aliphatic rings. The van der Waals surface area contributed by atoms with Crippen LogP contribution in [0.5, 0.6) is 0 Å². The molecule has 1 aromatic heterocycles. The van der Waals surface area contributed by atoms with E-state index in [4.69, 9.17) is 0 Å². The molecule has 4 rings (SSSR count). The van der Waals surface area contributed by atoms with E-state index >= 15 is 0 Å². The van der Waals surface area contributed by atoms with Crippen molar-refractivity contribution in [1.29, 1.82) is 0 Å². The lowest BCUT2D eigenvalue weighted by Crippen LogP contribution is -2.34. The van der Waals surface area contributed by atoms with E-state index in [0.29, 0.717) is 5.92 Å². The smallest absolute Gasteiger partial charge is 0.257 e. The molecule has 1 aliphatic heterocycles. The van der Waals surface area contributed by atoms with Crippen molar-refractivity contribution in [2.75, 3.05) is 26.2 Å². The van der Waals surface area contributed by atoms with Crippen LogP contribution in [0.4, 0.5) is 0 Å². The van der Waals surface area contributed by atoms with Crippen LogP contribution >= 0.6 is 0 Å². The zero-order chi connectivity index (χ0) is 15.6. The topological polar surface area (TPSA) is 50.2 Å². The van der Waals surface area contributed by atoms with Gasteiger partial charge >= 0.3 is 0 Å². The number of aromatic nitrogens is 2. The average Bonchev–Trinajstić information content (AvgIpc) is 3.38. The molecule has 0 radical (unpaired) electrons. The predicted molar refractivity (Wildman–Crippen MR) is 88.9 cm³/mol. The van der Waals surface area contributed by atoms with E-state index in [9.17, 15) is 4.79 Å². The molecular formula is C18H22N4O. The molecule has 23 heavy (non-hydrogen) atoms. The quantitative estimate of drug-likeness (QED) is 0.945. The fraction of sp³-hybridized carbons (Fsp3) is 0.444. The lowest BCUT2D eigenvalue weighted by Gasteiger charge is -2.20. The van der Waals surface area contributed by atoms with Crippen LogP contribution in [0.2, 0.25) is 0 Å². The molecule has 1 saturated heterocycles. The molecule has 1 aliphatic carbocycles. The molecule has 1 aromatic carbocycles. The zero-order valence-electron chi connectivity index (χ0n) is 13.2. The van der Waals surface area contributed by atoms with E-state index in [-0.39, 0.29) is 5.91 Å². The minimum Gasteiger partial charge on any atom is -0.337 e. The Morgan fingerprint density at radius 3 is 2.74 bits per heavy atom. The minimum atomic E-state index is 0.137. The van der Waals surface area contributed by atoms with E-state index in [1.54, 1.807) is 6.20 Å². The zero-order valence-corrected chi connectivity index (χ0v) is 13.2. The molecule has 0 spiro atoms.